The van der Waals surface area contributed by atoms with Crippen LogP contribution in [0.2, 0.25) is 0 Å². The number of nitrogens with one attached hydrogen (secondary N) is 2. The number of rotatable bonds is 8. The largest absolute Gasteiger partial charge is 0.494 e. The second kappa shape index (κ2) is 9.26. The Morgan fingerprint density at radius 2 is 1.88 bits per heavy atom. The second-order valence-corrected chi connectivity index (χ2v) is 7.37. The van der Waals surface area contributed by atoms with E-state index in [1.807, 2.05) is 6.92 Å². The first-order valence-electron chi connectivity index (χ1n) is 10.1. The Balaban J connectivity index is 1.73. The van der Waals surface area contributed by atoms with Crippen LogP contribution in [0.5, 0.6) is 5.75 Å². The number of ether oxygens (including phenoxy) is 2. The molecule has 1 aromatic rings. The standard InChI is InChI=1S/C21H33N3O2/c1-3-22-20(23-15-17-5-6-17)24-16-21(11-13-25-14-12-21)18-7-9-19(10-8-18)26-4-2/h7-10,17H,3-6,11-16H2,1-2H3,(H2,22,23,24). The molecule has 0 amide bonds. The van der Waals surface area contributed by atoms with Crippen molar-refractivity contribution < 1.29 is 9.47 Å². The topological polar surface area (TPSA) is 54.9 Å². The molecule has 2 N–H and O–H groups in total. The first-order chi connectivity index (χ1) is 12.8. The van der Waals surface area contributed by atoms with Gasteiger partial charge in [0.1, 0.15) is 5.75 Å². The smallest absolute Gasteiger partial charge is 0.191 e. The lowest BCUT2D eigenvalue weighted by Gasteiger charge is -2.36. The van der Waals surface area contributed by atoms with E-state index in [4.69, 9.17) is 14.5 Å². The molecule has 0 atom stereocenters. The van der Waals surface area contributed by atoms with Crippen molar-refractivity contribution in [3.8, 4) is 5.75 Å². The fourth-order valence-corrected chi connectivity index (χ4v) is 3.51. The molecule has 1 saturated heterocycles. The SMILES string of the molecule is CCNC(=NCC1(c2ccc(OCC)cc2)CCOCC1)NCC1CC1. The van der Waals surface area contributed by atoms with Crippen molar-refractivity contribution in [1.82, 2.24) is 10.6 Å². The van der Waals surface area contributed by atoms with Gasteiger partial charge in [-0.05, 0) is 63.1 Å². The summed E-state index contributed by atoms with van der Waals surface area (Å²) in [5.41, 5.74) is 1.39. The van der Waals surface area contributed by atoms with E-state index in [0.717, 1.165) is 63.3 Å². The van der Waals surface area contributed by atoms with Crippen LogP contribution in [0.1, 0.15) is 45.1 Å². The summed E-state index contributed by atoms with van der Waals surface area (Å²) in [6.07, 6.45) is 4.71. The van der Waals surface area contributed by atoms with Gasteiger partial charge in [-0.25, -0.2) is 0 Å². The van der Waals surface area contributed by atoms with Crippen molar-refractivity contribution in [2.45, 2.75) is 44.9 Å². The molecule has 0 aromatic heterocycles. The molecule has 2 fully saturated rings. The predicted molar refractivity (Wildman–Crippen MR) is 106 cm³/mol. The van der Waals surface area contributed by atoms with Crippen molar-refractivity contribution in [2.24, 2.45) is 10.9 Å². The minimum atomic E-state index is 0.0466. The van der Waals surface area contributed by atoms with Crippen molar-refractivity contribution in [2.75, 3.05) is 39.5 Å². The van der Waals surface area contributed by atoms with Crippen LogP contribution in [-0.4, -0.2) is 45.4 Å². The van der Waals surface area contributed by atoms with Gasteiger partial charge in [0.25, 0.3) is 0 Å². The zero-order chi connectivity index (χ0) is 18.2. The number of hydrogen-bond acceptors (Lipinski definition) is 3. The van der Waals surface area contributed by atoms with E-state index in [1.165, 1.54) is 18.4 Å². The lowest BCUT2D eigenvalue weighted by Crippen LogP contribution is -2.41. The molecule has 2 aliphatic rings. The van der Waals surface area contributed by atoms with Gasteiger partial charge in [0, 0.05) is 31.7 Å². The molecule has 1 aliphatic heterocycles. The van der Waals surface area contributed by atoms with E-state index in [-0.39, 0.29) is 5.41 Å². The zero-order valence-corrected chi connectivity index (χ0v) is 16.2. The summed E-state index contributed by atoms with van der Waals surface area (Å²) in [7, 11) is 0. The molecule has 5 nitrogen and oxygen atoms in total. The molecule has 3 rings (SSSR count). The van der Waals surface area contributed by atoms with Gasteiger partial charge in [-0.3, -0.25) is 4.99 Å². The molecule has 1 aromatic carbocycles. The third-order valence-electron chi connectivity index (χ3n) is 5.37. The predicted octanol–water partition coefficient (Wildman–Crippen LogP) is 3.10. The van der Waals surface area contributed by atoms with Gasteiger partial charge < -0.3 is 20.1 Å². The highest BCUT2D eigenvalue weighted by Crippen LogP contribution is 2.36. The fraction of sp³-hybridized carbons (Fsp3) is 0.667. The van der Waals surface area contributed by atoms with E-state index in [9.17, 15) is 0 Å². The average molecular weight is 360 g/mol. The molecule has 0 radical (unpaired) electrons. The highest BCUT2D eigenvalue weighted by atomic mass is 16.5. The maximum Gasteiger partial charge on any atom is 0.191 e. The lowest BCUT2D eigenvalue weighted by molar-refractivity contribution is 0.0531. The number of benzene rings is 1. The fourth-order valence-electron chi connectivity index (χ4n) is 3.51. The molecule has 0 spiro atoms. The minimum Gasteiger partial charge on any atom is -0.494 e. The minimum absolute atomic E-state index is 0.0466. The Labute approximate surface area is 157 Å². The first kappa shape index (κ1) is 19.0. The first-order valence-corrected chi connectivity index (χ1v) is 10.1. The zero-order valence-electron chi connectivity index (χ0n) is 16.2. The van der Waals surface area contributed by atoms with Crippen molar-refractivity contribution in [3.05, 3.63) is 29.8 Å². The monoisotopic (exact) mass is 359 g/mol. The molecule has 26 heavy (non-hydrogen) atoms. The van der Waals surface area contributed by atoms with E-state index in [1.54, 1.807) is 0 Å². The summed E-state index contributed by atoms with van der Waals surface area (Å²) >= 11 is 0. The molecule has 1 saturated carbocycles. The summed E-state index contributed by atoms with van der Waals surface area (Å²) in [6.45, 7) is 9.13. The Bertz CT molecular complexity index is 575. The van der Waals surface area contributed by atoms with Crippen molar-refractivity contribution >= 4 is 5.96 Å². The van der Waals surface area contributed by atoms with Crippen LogP contribution >= 0.6 is 0 Å². The number of nitrogens with zero attached hydrogens (tertiary/aromatic N) is 1. The van der Waals surface area contributed by atoms with Crippen LogP contribution in [0.4, 0.5) is 0 Å². The summed E-state index contributed by atoms with van der Waals surface area (Å²) in [5.74, 6) is 2.71. The van der Waals surface area contributed by atoms with E-state index < -0.39 is 0 Å². The number of aliphatic imine (C=N–C) groups is 1. The van der Waals surface area contributed by atoms with Gasteiger partial charge in [0.15, 0.2) is 5.96 Å². The summed E-state index contributed by atoms with van der Waals surface area (Å²) in [6, 6.07) is 8.57. The van der Waals surface area contributed by atoms with E-state index >= 15 is 0 Å². The van der Waals surface area contributed by atoms with Gasteiger partial charge in [0.05, 0.1) is 13.2 Å². The Morgan fingerprint density at radius 3 is 2.50 bits per heavy atom. The Morgan fingerprint density at radius 1 is 1.15 bits per heavy atom. The highest BCUT2D eigenvalue weighted by Gasteiger charge is 2.34. The van der Waals surface area contributed by atoms with Crippen molar-refractivity contribution in [3.63, 3.8) is 0 Å². The number of hydrogen-bond donors (Lipinski definition) is 2. The molecule has 0 bridgehead atoms. The van der Waals surface area contributed by atoms with Gasteiger partial charge in [0.2, 0.25) is 0 Å². The molecule has 0 unspecified atom stereocenters. The number of guanidine groups is 1. The van der Waals surface area contributed by atoms with E-state index in [2.05, 4.69) is 41.8 Å². The van der Waals surface area contributed by atoms with Crippen LogP contribution < -0.4 is 15.4 Å². The Kier molecular flexibility index (Phi) is 6.78. The van der Waals surface area contributed by atoms with Crippen molar-refractivity contribution in [1.29, 1.82) is 0 Å². The quantitative estimate of drug-likeness (QED) is 0.553. The third kappa shape index (κ3) is 5.13. The lowest BCUT2D eigenvalue weighted by atomic mass is 9.74. The highest BCUT2D eigenvalue weighted by molar-refractivity contribution is 5.79. The molecule has 144 valence electrons. The van der Waals surface area contributed by atoms with Crippen LogP contribution in [0.25, 0.3) is 0 Å². The Hall–Kier alpha value is -1.75. The van der Waals surface area contributed by atoms with Crippen LogP contribution in [0, 0.1) is 5.92 Å². The average Bonchev–Trinajstić information content (AvgIpc) is 3.50. The summed E-state index contributed by atoms with van der Waals surface area (Å²) in [4.78, 5) is 4.95. The molecule has 1 heterocycles. The third-order valence-corrected chi connectivity index (χ3v) is 5.37. The van der Waals surface area contributed by atoms with Crippen LogP contribution in [0.3, 0.4) is 0 Å². The molecule has 5 heteroatoms. The van der Waals surface area contributed by atoms with Gasteiger partial charge >= 0.3 is 0 Å². The maximum absolute atomic E-state index is 5.65. The van der Waals surface area contributed by atoms with Gasteiger partial charge in [-0.2, -0.15) is 0 Å². The summed E-state index contributed by atoms with van der Waals surface area (Å²) in [5, 5.41) is 6.89. The van der Waals surface area contributed by atoms with Gasteiger partial charge in [-0.1, -0.05) is 12.1 Å². The maximum atomic E-state index is 5.65. The molecular formula is C21H33N3O2. The van der Waals surface area contributed by atoms with Crippen LogP contribution in [0.15, 0.2) is 29.3 Å². The van der Waals surface area contributed by atoms with Gasteiger partial charge in [-0.15, -0.1) is 0 Å². The van der Waals surface area contributed by atoms with E-state index in [0.29, 0.717) is 6.61 Å². The second-order valence-electron chi connectivity index (χ2n) is 7.37. The molecular weight excluding hydrogens is 326 g/mol. The summed E-state index contributed by atoms with van der Waals surface area (Å²) < 4.78 is 11.2. The normalized spacial score (nSPS) is 19.8. The molecule has 1 aliphatic carbocycles. The van der Waals surface area contributed by atoms with Crippen LogP contribution in [-0.2, 0) is 10.2 Å².